The molecule has 8 heteroatoms. The Kier molecular flexibility index (Phi) is 8.22. The maximum absolute atomic E-state index is 12.5. The summed E-state index contributed by atoms with van der Waals surface area (Å²) in [5.74, 6) is -1.22. The van der Waals surface area contributed by atoms with Gasteiger partial charge in [-0.25, -0.2) is 4.79 Å². The number of carbonyl (C=O) groups is 3. The molecule has 2 rings (SSSR count). The smallest absolute Gasteiger partial charge is 0.408 e. The van der Waals surface area contributed by atoms with Gasteiger partial charge in [-0.3, -0.25) is 20.4 Å². The first kappa shape index (κ1) is 22.7. The molecule has 0 aliphatic carbocycles. The molecule has 8 nitrogen and oxygen atoms in total. The molecule has 0 aliphatic rings. The summed E-state index contributed by atoms with van der Waals surface area (Å²) in [5.41, 5.74) is 6.85. The van der Waals surface area contributed by atoms with Crippen LogP contribution in [-0.4, -0.2) is 38.0 Å². The Bertz CT molecular complexity index is 868. The van der Waals surface area contributed by atoms with E-state index in [1.165, 1.54) is 0 Å². The van der Waals surface area contributed by atoms with Crippen LogP contribution in [0.4, 0.5) is 10.5 Å². The zero-order chi connectivity index (χ0) is 22.1. The quantitative estimate of drug-likeness (QED) is 0.607. The zero-order valence-corrected chi connectivity index (χ0v) is 17.6. The molecule has 160 valence electrons. The van der Waals surface area contributed by atoms with E-state index in [9.17, 15) is 14.4 Å². The van der Waals surface area contributed by atoms with Crippen LogP contribution in [0.3, 0.4) is 0 Å². The first-order chi connectivity index (χ1) is 14.3. The molecule has 0 aromatic heterocycles. The average molecular weight is 412 g/mol. The van der Waals surface area contributed by atoms with Gasteiger partial charge >= 0.3 is 6.09 Å². The van der Waals surface area contributed by atoms with Gasteiger partial charge in [-0.1, -0.05) is 50.2 Å². The average Bonchev–Trinajstić information content (AvgIpc) is 2.74. The summed E-state index contributed by atoms with van der Waals surface area (Å²) in [6.07, 6.45) is -0.710. The van der Waals surface area contributed by atoms with Crippen molar-refractivity contribution in [1.29, 1.82) is 0 Å². The van der Waals surface area contributed by atoms with Crippen LogP contribution in [0.5, 0.6) is 0 Å². The molecule has 0 spiro atoms. The number of benzene rings is 2. The Balaban J connectivity index is 1.89. The summed E-state index contributed by atoms with van der Waals surface area (Å²) in [6, 6.07) is 15.3. The maximum Gasteiger partial charge on any atom is 0.408 e. The fourth-order valence-corrected chi connectivity index (χ4v) is 2.62. The van der Waals surface area contributed by atoms with Crippen LogP contribution in [0.2, 0.25) is 0 Å². The molecule has 2 aromatic carbocycles. The number of carbonyl (C=O) groups excluding carboxylic acids is 3. The van der Waals surface area contributed by atoms with E-state index in [-0.39, 0.29) is 12.5 Å². The van der Waals surface area contributed by atoms with E-state index < -0.39 is 23.9 Å². The molecule has 1 atom stereocenters. The van der Waals surface area contributed by atoms with Crippen molar-refractivity contribution < 1.29 is 19.1 Å². The fourth-order valence-electron chi connectivity index (χ4n) is 2.62. The molecule has 0 unspecified atom stereocenters. The lowest BCUT2D eigenvalue weighted by atomic mass is 10.0. The minimum Gasteiger partial charge on any atom is -0.445 e. The summed E-state index contributed by atoms with van der Waals surface area (Å²) in [5, 5.41) is 2.54. The van der Waals surface area contributed by atoms with Gasteiger partial charge in [-0.2, -0.15) is 0 Å². The number of nitrogens with one attached hydrogen (secondary N) is 3. The van der Waals surface area contributed by atoms with E-state index in [0.717, 1.165) is 11.3 Å². The lowest BCUT2D eigenvalue weighted by Crippen LogP contribution is -2.54. The van der Waals surface area contributed by atoms with Crippen molar-refractivity contribution in [2.45, 2.75) is 26.5 Å². The van der Waals surface area contributed by atoms with Gasteiger partial charge in [-0.15, -0.1) is 0 Å². The molecule has 0 radical (unpaired) electrons. The number of hydrogen-bond acceptors (Lipinski definition) is 5. The second-order valence-corrected chi connectivity index (χ2v) is 7.32. The summed E-state index contributed by atoms with van der Waals surface area (Å²) in [6.45, 7) is 3.66. The lowest BCUT2D eigenvalue weighted by molar-refractivity contribution is -0.124. The van der Waals surface area contributed by atoms with Crippen LogP contribution in [0.25, 0.3) is 0 Å². The summed E-state index contributed by atoms with van der Waals surface area (Å²) >= 11 is 0. The van der Waals surface area contributed by atoms with Crippen molar-refractivity contribution in [1.82, 2.24) is 16.2 Å². The molecule has 0 bridgehead atoms. The number of alkyl carbamates (subject to hydrolysis) is 1. The number of amides is 3. The predicted octanol–water partition coefficient (Wildman–Crippen LogP) is 2.46. The Labute approximate surface area is 176 Å². The monoisotopic (exact) mass is 412 g/mol. The van der Waals surface area contributed by atoms with Gasteiger partial charge in [0.05, 0.1) is 0 Å². The molecule has 3 amide bonds. The summed E-state index contributed by atoms with van der Waals surface area (Å²) < 4.78 is 5.17. The normalized spacial score (nSPS) is 11.4. The van der Waals surface area contributed by atoms with Crippen LogP contribution in [0.15, 0.2) is 54.6 Å². The van der Waals surface area contributed by atoms with Crippen LogP contribution in [0, 0.1) is 5.92 Å². The van der Waals surface area contributed by atoms with Crippen molar-refractivity contribution in [3.05, 3.63) is 65.7 Å². The lowest BCUT2D eigenvalue weighted by Gasteiger charge is -2.21. The highest BCUT2D eigenvalue weighted by atomic mass is 16.5. The number of nitrogens with zero attached hydrogens (tertiary/aromatic N) is 1. The van der Waals surface area contributed by atoms with Crippen molar-refractivity contribution in [3.8, 4) is 0 Å². The fraction of sp³-hybridized carbons (Fsp3) is 0.318. The molecule has 0 saturated carbocycles. The highest BCUT2D eigenvalue weighted by Gasteiger charge is 2.25. The molecular formula is C22H28N4O4. The van der Waals surface area contributed by atoms with Crippen molar-refractivity contribution in [2.75, 3.05) is 19.0 Å². The number of rotatable bonds is 7. The van der Waals surface area contributed by atoms with E-state index >= 15 is 0 Å². The Morgan fingerprint density at radius 2 is 1.67 bits per heavy atom. The van der Waals surface area contributed by atoms with Gasteiger partial charge in [0.1, 0.15) is 12.6 Å². The highest BCUT2D eigenvalue weighted by Crippen LogP contribution is 2.13. The molecule has 2 aromatic rings. The molecule has 30 heavy (non-hydrogen) atoms. The van der Waals surface area contributed by atoms with E-state index in [0.29, 0.717) is 5.56 Å². The third-order valence-electron chi connectivity index (χ3n) is 4.36. The summed E-state index contributed by atoms with van der Waals surface area (Å²) in [7, 11) is 3.74. The first-order valence-electron chi connectivity index (χ1n) is 9.62. The predicted molar refractivity (Wildman–Crippen MR) is 115 cm³/mol. The minimum absolute atomic E-state index is 0.0953. The number of anilines is 1. The third-order valence-corrected chi connectivity index (χ3v) is 4.36. The number of ether oxygens (including phenoxy) is 1. The molecule has 0 heterocycles. The molecule has 3 N–H and O–H groups in total. The van der Waals surface area contributed by atoms with Gasteiger partial charge in [0, 0.05) is 25.3 Å². The molecule has 0 saturated heterocycles. The van der Waals surface area contributed by atoms with Gasteiger partial charge in [0.15, 0.2) is 0 Å². The van der Waals surface area contributed by atoms with E-state index in [2.05, 4.69) is 16.2 Å². The summed E-state index contributed by atoms with van der Waals surface area (Å²) in [4.78, 5) is 38.8. The van der Waals surface area contributed by atoms with E-state index in [1.54, 1.807) is 32.0 Å². The minimum atomic E-state index is -0.873. The standard InChI is InChI=1S/C22H28N4O4/c1-15(2)19(23-22(29)30-14-16-9-6-5-7-10-16)21(28)25-24-20(27)17-11-8-12-18(13-17)26(3)4/h5-13,15,19H,14H2,1-4H3,(H,23,29)(H,24,27)(H,25,28)/t19-/m0/s1. The molecule has 0 fully saturated rings. The van der Waals surface area contributed by atoms with Crippen molar-refractivity contribution >= 4 is 23.6 Å². The Morgan fingerprint density at radius 1 is 0.967 bits per heavy atom. The van der Waals surface area contributed by atoms with Crippen LogP contribution in [0.1, 0.15) is 29.8 Å². The SMILES string of the molecule is CC(C)[C@H](NC(=O)OCc1ccccc1)C(=O)NNC(=O)c1cccc(N(C)C)c1. The van der Waals surface area contributed by atoms with Gasteiger partial charge < -0.3 is 15.0 Å². The van der Waals surface area contributed by atoms with Gasteiger partial charge in [-0.05, 0) is 29.7 Å². The number of hydrogen-bond donors (Lipinski definition) is 3. The second-order valence-electron chi connectivity index (χ2n) is 7.32. The maximum atomic E-state index is 12.5. The van der Waals surface area contributed by atoms with Crippen LogP contribution >= 0.6 is 0 Å². The van der Waals surface area contributed by atoms with E-state index in [1.807, 2.05) is 55.4 Å². The largest absolute Gasteiger partial charge is 0.445 e. The first-order valence-corrected chi connectivity index (χ1v) is 9.62. The van der Waals surface area contributed by atoms with Crippen molar-refractivity contribution in [3.63, 3.8) is 0 Å². The van der Waals surface area contributed by atoms with Crippen LogP contribution < -0.4 is 21.1 Å². The number of hydrazine groups is 1. The molecule has 0 aliphatic heterocycles. The van der Waals surface area contributed by atoms with Gasteiger partial charge in [0.2, 0.25) is 0 Å². The van der Waals surface area contributed by atoms with E-state index in [4.69, 9.17) is 4.74 Å². The topological polar surface area (TPSA) is 99.8 Å². The third kappa shape index (κ3) is 6.80. The Hall–Kier alpha value is -3.55. The second kappa shape index (κ2) is 10.8. The molecular weight excluding hydrogens is 384 g/mol. The Morgan fingerprint density at radius 3 is 2.30 bits per heavy atom. The zero-order valence-electron chi connectivity index (χ0n) is 17.6. The van der Waals surface area contributed by atoms with Crippen molar-refractivity contribution in [2.24, 2.45) is 5.92 Å². The highest BCUT2D eigenvalue weighted by molar-refractivity contribution is 5.97. The van der Waals surface area contributed by atoms with Gasteiger partial charge in [0.25, 0.3) is 11.8 Å². The van der Waals surface area contributed by atoms with Crippen LogP contribution in [-0.2, 0) is 16.1 Å².